The number of pyridine rings is 1. The van der Waals surface area contributed by atoms with E-state index in [0.29, 0.717) is 27.5 Å². The van der Waals surface area contributed by atoms with Crippen molar-refractivity contribution in [1.82, 2.24) is 9.88 Å². The second-order valence-electron chi connectivity index (χ2n) is 9.51. The van der Waals surface area contributed by atoms with Crippen LogP contribution in [0.3, 0.4) is 0 Å². The van der Waals surface area contributed by atoms with Gasteiger partial charge in [0, 0.05) is 24.7 Å². The van der Waals surface area contributed by atoms with Crippen molar-refractivity contribution in [3.63, 3.8) is 0 Å². The maximum atomic E-state index is 13.8. The first-order valence-corrected chi connectivity index (χ1v) is 13.3. The number of halogens is 5. The van der Waals surface area contributed by atoms with E-state index in [9.17, 15) is 27.6 Å². The molecule has 1 aromatic heterocycles. The fourth-order valence-corrected chi connectivity index (χ4v) is 4.84. The van der Waals surface area contributed by atoms with E-state index in [0.717, 1.165) is 18.2 Å². The molecule has 1 unspecified atom stereocenters. The van der Waals surface area contributed by atoms with Crippen LogP contribution in [0.25, 0.3) is 0 Å². The van der Waals surface area contributed by atoms with E-state index in [4.69, 9.17) is 23.2 Å². The highest BCUT2D eigenvalue weighted by molar-refractivity contribution is 6.42. The fourth-order valence-electron chi connectivity index (χ4n) is 4.52. The Morgan fingerprint density at radius 1 is 0.929 bits per heavy atom. The summed E-state index contributed by atoms with van der Waals surface area (Å²) >= 11 is 12.2. The molecule has 1 atom stereocenters. The lowest BCUT2D eigenvalue weighted by molar-refractivity contribution is -0.137. The second-order valence-corrected chi connectivity index (χ2v) is 10.3. The first-order valence-electron chi connectivity index (χ1n) is 12.6. The number of aromatic nitrogens is 1. The third-order valence-electron chi connectivity index (χ3n) is 6.66. The van der Waals surface area contributed by atoms with Crippen LogP contribution in [0.1, 0.15) is 37.4 Å². The number of nitrogens with zero attached hydrogens (tertiary/aromatic N) is 2. The van der Waals surface area contributed by atoms with Crippen LogP contribution in [0.15, 0.2) is 85.1 Å². The number of benzene rings is 3. The predicted octanol–water partition coefficient (Wildman–Crippen LogP) is 6.87. The molecule has 3 amide bonds. The summed E-state index contributed by atoms with van der Waals surface area (Å²) in [6.45, 7) is -0.0686. The summed E-state index contributed by atoms with van der Waals surface area (Å²) in [5.74, 6) is -1.32. The van der Waals surface area contributed by atoms with Crippen molar-refractivity contribution in [2.75, 3.05) is 10.6 Å². The Morgan fingerprint density at radius 2 is 1.67 bits per heavy atom. The number of anilines is 2. The van der Waals surface area contributed by atoms with Gasteiger partial charge in [0.05, 0.1) is 26.9 Å². The molecule has 214 valence electrons. The largest absolute Gasteiger partial charge is 0.416 e. The number of nitrogens with one attached hydrogen (secondary N) is 2. The van der Waals surface area contributed by atoms with Crippen molar-refractivity contribution in [2.45, 2.75) is 25.2 Å². The maximum Gasteiger partial charge on any atom is 0.416 e. The molecule has 5 rings (SSSR count). The van der Waals surface area contributed by atoms with Crippen LogP contribution < -0.4 is 10.6 Å². The molecular formula is C30H21Cl2F3N4O3. The summed E-state index contributed by atoms with van der Waals surface area (Å²) in [4.78, 5) is 45.2. The number of carbonyl (C=O) groups is 3. The van der Waals surface area contributed by atoms with Crippen LogP contribution >= 0.6 is 23.2 Å². The topological polar surface area (TPSA) is 91.4 Å². The minimum atomic E-state index is -4.67. The summed E-state index contributed by atoms with van der Waals surface area (Å²) in [5, 5.41) is 5.74. The summed E-state index contributed by atoms with van der Waals surface area (Å²) in [6, 6.07) is 17.8. The van der Waals surface area contributed by atoms with Crippen molar-refractivity contribution in [1.29, 1.82) is 0 Å². The lowest BCUT2D eigenvalue weighted by Crippen LogP contribution is -2.46. The third kappa shape index (κ3) is 6.40. The average Bonchev–Trinajstić information content (AvgIpc) is 3.05. The Morgan fingerprint density at radius 3 is 2.33 bits per heavy atom. The summed E-state index contributed by atoms with van der Waals surface area (Å²) < 4.78 is 40.2. The highest BCUT2D eigenvalue weighted by Crippen LogP contribution is 2.35. The third-order valence-corrected chi connectivity index (χ3v) is 7.40. The molecular weight excluding hydrogens is 592 g/mol. The lowest BCUT2D eigenvalue weighted by atomic mass is 10.0. The van der Waals surface area contributed by atoms with Crippen molar-refractivity contribution >= 4 is 52.4 Å². The fraction of sp³-hybridized carbons (Fsp3) is 0.133. The van der Waals surface area contributed by atoms with Gasteiger partial charge in [-0.3, -0.25) is 14.4 Å². The highest BCUT2D eigenvalue weighted by Gasteiger charge is 2.38. The molecule has 2 heterocycles. The SMILES string of the molecule is O=C(Nc1ccccn1)c1ccc(CN2C(=O)c3ccc(C(F)(F)F)cc3NC(=O)C2Cc2ccc(Cl)c(Cl)c2)cc1. The molecule has 2 N–H and O–H groups in total. The molecule has 0 fully saturated rings. The predicted molar refractivity (Wildman–Crippen MR) is 153 cm³/mol. The van der Waals surface area contributed by atoms with Crippen molar-refractivity contribution in [2.24, 2.45) is 0 Å². The molecule has 0 aliphatic carbocycles. The van der Waals surface area contributed by atoms with Crippen molar-refractivity contribution in [3.05, 3.63) is 123 Å². The van der Waals surface area contributed by atoms with Gasteiger partial charge in [-0.15, -0.1) is 0 Å². The Balaban J connectivity index is 1.46. The number of hydrogen-bond donors (Lipinski definition) is 2. The molecule has 7 nitrogen and oxygen atoms in total. The summed E-state index contributed by atoms with van der Waals surface area (Å²) in [6.07, 6.45) is -3.11. The van der Waals surface area contributed by atoms with Crippen LogP contribution in [0, 0.1) is 0 Å². The molecule has 1 aliphatic rings. The number of hydrogen-bond acceptors (Lipinski definition) is 4. The Kier molecular flexibility index (Phi) is 8.20. The standard InChI is InChI=1S/C30H21Cl2F3N4O3/c31-22-11-6-18(13-23(22)32)14-25-28(41)37-24-15-20(30(33,34)35)9-10-21(24)29(42)39(25)16-17-4-7-19(8-5-17)27(40)38-26-3-1-2-12-36-26/h1-13,15,25H,14,16H2,(H,37,41)(H,36,38,40). The zero-order valence-electron chi connectivity index (χ0n) is 21.6. The number of amides is 3. The zero-order valence-corrected chi connectivity index (χ0v) is 23.1. The van der Waals surface area contributed by atoms with Gasteiger partial charge in [-0.1, -0.05) is 47.5 Å². The molecule has 12 heteroatoms. The lowest BCUT2D eigenvalue weighted by Gasteiger charge is -2.29. The zero-order chi connectivity index (χ0) is 30.0. The summed E-state index contributed by atoms with van der Waals surface area (Å²) in [5.41, 5.74) is 0.193. The van der Waals surface area contributed by atoms with Gasteiger partial charge in [-0.05, 0) is 65.7 Å². The highest BCUT2D eigenvalue weighted by atomic mass is 35.5. The number of fused-ring (bicyclic) bond motifs is 1. The summed E-state index contributed by atoms with van der Waals surface area (Å²) in [7, 11) is 0. The first kappa shape index (κ1) is 29.1. The van der Waals surface area contributed by atoms with Crippen LogP contribution in [-0.4, -0.2) is 33.6 Å². The molecule has 1 aliphatic heterocycles. The van der Waals surface area contributed by atoms with Crippen LogP contribution in [0.5, 0.6) is 0 Å². The van der Waals surface area contributed by atoms with Gasteiger partial charge >= 0.3 is 6.18 Å². The van der Waals surface area contributed by atoms with E-state index in [1.54, 1.807) is 66.9 Å². The van der Waals surface area contributed by atoms with E-state index in [1.165, 1.54) is 4.90 Å². The Hall–Kier alpha value is -4.41. The molecule has 0 bridgehead atoms. The molecule has 0 radical (unpaired) electrons. The monoisotopic (exact) mass is 612 g/mol. The van der Waals surface area contributed by atoms with E-state index < -0.39 is 35.5 Å². The van der Waals surface area contributed by atoms with E-state index in [2.05, 4.69) is 15.6 Å². The maximum absolute atomic E-state index is 13.8. The quantitative estimate of drug-likeness (QED) is 0.249. The van der Waals surface area contributed by atoms with Gasteiger partial charge in [0.25, 0.3) is 11.8 Å². The molecule has 0 saturated heterocycles. The molecule has 4 aromatic rings. The number of alkyl halides is 3. The van der Waals surface area contributed by atoms with Gasteiger partial charge in [0.1, 0.15) is 11.9 Å². The van der Waals surface area contributed by atoms with E-state index >= 15 is 0 Å². The first-order chi connectivity index (χ1) is 20.0. The Labute approximate surface area is 248 Å². The van der Waals surface area contributed by atoms with Crippen LogP contribution in [0.2, 0.25) is 10.0 Å². The van der Waals surface area contributed by atoms with Crippen LogP contribution in [-0.2, 0) is 23.9 Å². The molecule has 0 spiro atoms. The average molecular weight is 613 g/mol. The van der Waals surface area contributed by atoms with Gasteiger partial charge < -0.3 is 15.5 Å². The van der Waals surface area contributed by atoms with Gasteiger partial charge in [0.2, 0.25) is 5.91 Å². The molecule has 0 saturated carbocycles. The smallest absolute Gasteiger partial charge is 0.324 e. The van der Waals surface area contributed by atoms with Gasteiger partial charge in [-0.2, -0.15) is 13.2 Å². The minimum Gasteiger partial charge on any atom is -0.324 e. The van der Waals surface area contributed by atoms with E-state index in [-0.39, 0.29) is 29.2 Å². The Bertz CT molecular complexity index is 1670. The van der Waals surface area contributed by atoms with Crippen molar-refractivity contribution < 1.29 is 27.6 Å². The molecule has 42 heavy (non-hydrogen) atoms. The second kappa shape index (κ2) is 11.8. The number of carbonyl (C=O) groups excluding carboxylic acids is 3. The van der Waals surface area contributed by atoms with Crippen molar-refractivity contribution in [3.8, 4) is 0 Å². The normalized spacial score (nSPS) is 15.1. The van der Waals surface area contributed by atoms with E-state index in [1.807, 2.05) is 0 Å². The number of rotatable bonds is 6. The minimum absolute atomic E-state index is 0.0130. The van der Waals surface area contributed by atoms with Crippen LogP contribution in [0.4, 0.5) is 24.7 Å². The van der Waals surface area contributed by atoms with Gasteiger partial charge in [-0.25, -0.2) is 4.98 Å². The van der Waals surface area contributed by atoms with Gasteiger partial charge in [0.15, 0.2) is 0 Å². The molecule has 3 aromatic carbocycles.